The lowest BCUT2D eigenvalue weighted by atomic mass is 9.75. The summed E-state index contributed by atoms with van der Waals surface area (Å²) in [5, 5.41) is 26.5. The molecule has 4 aromatic rings. The summed E-state index contributed by atoms with van der Waals surface area (Å²) in [4.78, 5) is 28.8. The largest absolute Gasteiger partial charge is 0.394 e. The average Bonchev–Trinajstić information content (AvgIpc) is 3.17. The number of hydrogen-bond acceptors (Lipinski definition) is 4. The molecule has 6 nitrogen and oxygen atoms in total. The molecule has 5 rings (SSSR count). The minimum atomic E-state index is -1.50. The molecule has 0 unspecified atom stereocenters. The molecule has 6 heteroatoms. The van der Waals surface area contributed by atoms with Gasteiger partial charge in [-0.3, -0.25) is 9.59 Å². The van der Waals surface area contributed by atoms with Crippen molar-refractivity contribution in [3.63, 3.8) is 0 Å². The third-order valence-corrected chi connectivity index (χ3v) is 7.94. The number of nitrogens with one attached hydrogen (secondary N) is 2. The number of fused-ring (bicyclic) bond motifs is 3. The zero-order valence-corrected chi connectivity index (χ0v) is 23.0. The van der Waals surface area contributed by atoms with E-state index in [1.54, 1.807) is 0 Å². The summed E-state index contributed by atoms with van der Waals surface area (Å²) in [6, 6.07) is 33.9. The van der Waals surface area contributed by atoms with E-state index in [0.29, 0.717) is 12.8 Å². The Morgan fingerprint density at radius 3 is 1.34 bits per heavy atom. The Hall–Kier alpha value is -4.26. The van der Waals surface area contributed by atoms with Crippen LogP contribution in [0.2, 0.25) is 0 Å². The summed E-state index contributed by atoms with van der Waals surface area (Å²) in [5.74, 6) is -0.874. The summed E-state index contributed by atoms with van der Waals surface area (Å²) < 4.78 is 0. The van der Waals surface area contributed by atoms with Gasteiger partial charge in [-0.2, -0.15) is 0 Å². The second kappa shape index (κ2) is 12.9. The summed E-state index contributed by atoms with van der Waals surface area (Å²) in [6.07, 6.45) is 1.23. The fraction of sp³-hybridized carbons (Fsp3) is 0.257. The average molecular weight is 549 g/mol. The van der Waals surface area contributed by atoms with E-state index in [9.17, 15) is 19.8 Å². The highest BCUT2D eigenvalue weighted by atomic mass is 16.3. The van der Waals surface area contributed by atoms with Gasteiger partial charge < -0.3 is 20.8 Å². The number of carbonyl (C=O) groups excluding carboxylic acids is 2. The Kier molecular flexibility index (Phi) is 8.92. The Bertz CT molecular complexity index is 1360. The maximum atomic E-state index is 14.4. The van der Waals surface area contributed by atoms with E-state index in [4.69, 9.17) is 0 Å². The molecule has 0 saturated heterocycles. The van der Waals surface area contributed by atoms with Crippen molar-refractivity contribution < 1.29 is 19.8 Å². The number of carbonyl (C=O) groups is 2. The molecule has 1 aliphatic carbocycles. The van der Waals surface area contributed by atoms with Gasteiger partial charge in [0.15, 0.2) is 0 Å². The first-order chi connectivity index (χ1) is 20.0. The summed E-state index contributed by atoms with van der Waals surface area (Å²) in [5.41, 5.74) is 4.24. The van der Waals surface area contributed by atoms with Crippen LogP contribution in [0, 0.1) is 5.41 Å². The molecular formula is C35H36N2O4. The molecule has 0 radical (unpaired) electrons. The molecule has 0 fully saturated rings. The maximum absolute atomic E-state index is 14.4. The van der Waals surface area contributed by atoms with Crippen molar-refractivity contribution in [3.05, 3.63) is 131 Å². The van der Waals surface area contributed by atoms with Crippen LogP contribution in [0.25, 0.3) is 11.1 Å². The Balaban J connectivity index is 1.52. The van der Waals surface area contributed by atoms with Crippen molar-refractivity contribution in [2.45, 2.75) is 37.8 Å². The van der Waals surface area contributed by atoms with Gasteiger partial charge >= 0.3 is 0 Å². The number of rotatable bonds is 10. The fourth-order valence-electron chi connectivity index (χ4n) is 5.78. The second-order valence-electron chi connectivity index (χ2n) is 10.8. The van der Waals surface area contributed by atoms with Crippen molar-refractivity contribution in [1.29, 1.82) is 0 Å². The first-order valence-corrected chi connectivity index (χ1v) is 14.1. The lowest BCUT2D eigenvalue weighted by Crippen LogP contribution is -2.58. The summed E-state index contributed by atoms with van der Waals surface area (Å²) >= 11 is 0. The van der Waals surface area contributed by atoms with E-state index < -0.39 is 29.3 Å². The number of aliphatic hydroxyl groups excluding tert-OH is 2. The van der Waals surface area contributed by atoms with E-state index in [2.05, 4.69) is 10.6 Å². The Morgan fingerprint density at radius 1 is 0.585 bits per heavy atom. The van der Waals surface area contributed by atoms with E-state index in [-0.39, 0.29) is 26.1 Å². The van der Waals surface area contributed by atoms with Gasteiger partial charge in [0, 0.05) is 0 Å². The van der Waals surface area contributed by atoms with Gasteiger partial charge in [-0.15, -0.1) is 0 Å². The molecule has 0 aliphatic heterocycles. The predicted molar refractivity (Wildman–Crippen MR) is 160 cm³/mol. The van der Waals surface area contributed by atoms with Crippen LogP contribution in [0.3, 0.4) is 0 Å². The van der Waals surface area contributed by atoms with Crippen LogP contribution in [-0.4, -0.2) is 47.3 Å². The van der Waals surface area contributed by atoms with E-state index in [1.165, 1.54) is 0 Å². The van der Waals surface area contributed by atoms with Crippen LogP contribution in [0.5, 0.6) is 0 Å². The van der Waals surface area contributed by atoms with Gasteiger partial charge in [-0.25, -0.2) is 0 Å². The third kappa shape index (κ3) is 6.40. The van der Waals surface area contributed by atoms with Crippen molar-refractivity contribution in [1.82, 2.24) is 10.6 Å². The Morgan fingerprint density at radius 2 is 0.951 bits per heavy atom. The molecule has 0 bridgehead atoms. The Labute approximate surface area is 241 Å². The van der Waals surface area contributed by atoms with Crippen molar-refractivity contribution in [3.8, 4) is 11.1 Å². The topological polar surface area (TPSA) is 98.7 Å². The highest BCUT2D eigenvalue weighted by Gasteiger charge is 2.49. The van der Waals surface area contributed by atoms with Crippen LogP contribution in [-0.2, 0) is 35.3 Å². The summed E-state index contributed by atoms with van der Waals surface area (Å²) in [6.45, 7) is -0.530. The smallest absolute Gasteiger partial charge is 0.236 e. The minimum absolute atomic E-state index is 0.183. The molecule has 0 aromatic heterocycles. The lowest BCUT2D eigenvalue weighted by molar-refractivity contribution is -0.145. The minimum Gasteiger partial charge on any atom is -0.394 e. The molecule has 1 aliphatic rings. The van der Waals surface area contributed by atoms with E-state index in [0.717, 1.165) is 33.4 Å². The standard InChI is InChI=1S/C35H36N2O4/c38-23-29(19-25-11-3-1-4-12-25)36-33(40)35(34(41)37-30(24-39)20-26-13-5-2-6-14-26)21-27-15-7-9-17-31(27)32-18-10-8-16-28(32)22-35/h1-18,29-30,38-39H,19-24H2,(H,36,40)(H,37,41)/t29-,30-/m0/s1. The molecule has 0 saturated carbocycles. The van der Waals surface area contributed by atoms with Crippen LogP contribution < -0.4 is 10.6 Å². The fourth-order valence-corrected chi connectivity index (χ4v) is 5.78. The van der Waals surface area contributed by atoms with E-state index in [1.807, 2.05) is 109 Å². The zero-order chi connectivity index (χ0) is 28.7. The molecule has 210 valence electrons. The van der Waals surface area contributed by atoms with Crippen LogP contribution in [0.4, 0.5) is 0 Å². The molecular weight excluding hydrogens is 512 g/mol. The normalized spacial score (nSPS) is 15.0. The van der Waals surface area contributed by atoms with Crippen molar-refractivity contribution in [2.24, 2.45) is 5.41 Å². The number of amides is 2. The quantitative estimate of drug-likeness (QED) is 0.226. The maximum Gasteiger partial charge on any atom is 0.236 e. The second-order valence-corrected chi connectivity index (χ2v) is 10.8. The lowest BCUT2D eigenvalue weighted by Gasteiger charge is -2.34. The predicted octanol–water partition coefficient (Wildman–Crippen LogP) is 3.88. The SMILES string of the molecule is O=C(N[C@H](CO)Cc1ccccc1)C1(C(=O)N[C@H](CO)Cc2ccccc2)Cc2ccccc2-c2ccccc2C1. The van der Waals surface area contributed by atoms with Crippen molar-refractivity contribution >= 4 is 11.8 Å². The van der Waals surface area contributed by atoms with Crippen LogP contribution in [0.1, 0.15) is 22.3 Å². The molecule has 4 N–H and O–H groups in total. The molecule has 41 heavy (non-hydrogen) atoms. The van der Waals surface area contributed by atoms with Gasteiger partial charge in [-0.05, 0) is 59.1 Å². The van der Waals surface area contributed by atoms with Crippen molar-refractivity contribution in [2.75, 3.05) is 13.2 Å². The van der Waals surface area contributed by atoms with Gasteiger partial charge in [0.1, 0.15) is 5.41 Å². The monoisotopic (exact) mass is 548 g/mol. The number of benzene rings is 4. The van der Waals surface area contributed by atoms with Crippen LogP contribution in [0.15, 0.2) is 109 Å². The van der Waals surface area contributed by atoms with Gasteiger partial charge in [-0.1, -0.05) is 109 Å². The van der Waals surface area contributed by atoms with Gasteiger partial charge in [0.05, 0.1) is 25.3 Å². The number of hydrogen-bond donors (Lipinski definition) is 4. The number of aliphatic hydroxyl groups is 2. The van der Waals surface area contributed by atoms with Crippen LogP contribution >= 0.6 is 0 Å². The van der Waals surface area contributed by atoms with Gasteiger partial charge in [0.25, 0.3) is 0 Å². The molecule has 2 amide bonds. The first kappa shape index (κ1) is 28.3. The molecule has 0 heterocycles. The highest BCUT2D eigenvalue weighted by Crippen LogP contribution is 2.40. The van der Waals surface area contributed by atoms with Gasteiger partial charge in [0.2, 0.25) is 11.8 Å². The van der Waals surface area contributed by atoms with E-state index >= 15 is 0 Å². The highest BCUT2D eigenvalue weighted by molar-refractivity contribution is 6.06. The first-order valence-electron chi connectivity index (χ1n) is 14.1. The molecule has 4 aromatic carbocycles. The third-order valence-electron chi connectivity index (χ3n) is 7.94. The summed E-state index contributed by atoms with van der Waals surface area (Å²) in [7, 11) is 0. The molecule has 0 spiro atoms. The molecule has 2 atom stereocenters. The zero-order valence-electron chi connectivity index (χ0n) is 23.0.